The minimum absolute atomic E-state index is 0.0420. The van der Waals surface area contributed by atoms with Gasteiger partial charge >= 0.3 is 0 Å². The van der Waals surface area contributed by atoms with E-state index in [0.717, 1.165) is 8.95 Å². The van der Waals surface area contributed by atoms with Crippen LogP contribution in [0.5, 0.6) is 5.75 Å². The Morgan fingerprint density at radius 2 is 1.42 bits per heavy atom. The van der Waals surface area contributed by atoms with Crippen molar-refractivity contribution in [1.29, 1.82) is 0 Å². The SMILES string of the molecule is COc1ccc(C2C(=C(O)c3ccc(Br)cc3)C(=O)C(=O)N2c2ccc(Br)cc2)cc1. The zero-order valence-electron chi connectivity index (χ0n) is 16.4. The Bertz CT molecular complexity index is 1170. The molecule has 1 amide bonds. The summed E-state index contributed by atoms with van der Waals surface area (Å²) in [4.78, 5) is 27.6. The highest BCUT2D eigenvalue weighted by Crippen LogP contribution is 2.42. The molecule has 0 saturated carbocycles. The van der Waals surface area contributed by atoms with Crippen molar-refractivity contribution < 1.29 is 19.4 Å². The molecule has 0 bridgehead atoms. The molecule has 1 atom stereocenters. The standard InChI is InChI=1S/C24H17Br2NO4/c1-31-19-12-4-14(5-13-19)21-20(22(28)15-2-6-16(25)7-3-15)23(29)24(30)27(21)18-10-8-17(26)9-11-18/h2-13,21,28H,1H3. The van der Waals surface area contributed by atoms with Gasteiger partial charge in [-0.1, -0.05) is 56.1 Å². The van der Waals surface area contributed by atoms with Gasteiger partial charge in [0, 0.05) is 20.2 Å². The molecule has 7 heteroatoms. The molecule has 1 aliphatic heterocycles. The van der Waals surface area contributed by atoms with Crippen LogP contribution in [0.4, 0.5) is 5.69 Å². The number of hydrogen-bond acceptors (Lipinski definition) is 4. The first-order valence-corrected chi connectivity index (χ1v) is 11.0. The van der Waals surface area contributed by atoms with Crippen molar-refractivity contribution >= 4 is 55.0 Å². The first-order chi connectivity index (χ1) is 14.9. The number of amides is 1. The molecule has 1 aliphatic rings. The summed E-state index contributed by atoms with van der Waals surface area (Å²) in [6.07, 6.45) is 0. The summed E-state index contributed by atoms with van der Waals surface area (Å²) in [6, 6.07) is 20.3. The van der Waals surface area contributed by atoms with E-state index >= 15 is 0 Å². The highest BCUT2D eigenvalue weighted by Gasteiger charge is 2.46. The van der Waals surface area contributed by atoms with Crippen LogP contribution < -0.4 is 9.64 Å². The van der Waals surface area contributed by atoms with E-state index in [1.807, 2.05) is 0 Å². The van der Waals surface area contributed by atoms with E-state index in [2.05, 4.69) is 31.9 Å². The zero-order valence-corrected chi connectivity index (χ0v) is 19.6. The average Bonchev–Trinajstić information content (AvgIpc) is 3.05. The molecule has 31 heavy (non-hydrogen) atoms. The number of hydrogen-bond donors (Lipinski definition) is 1. The van der Waals surface area contributed by atoms with Gasteiger partial charge in [0.2, 0.25) is 0 Å². The number of Topliss-reactive ketones (excluding diaryl/α,β-unsaturated/α-hetero) is 1. The predicted molar refractivity (Wildman–Crippen MR) is 126 cm³/mol. The quantitative estimate of drug-likeness (QED) is 0.255. The number of methoxy groups -OCH3 is 1. The van der Waals surface area contributed by atoms with Crippen LogP contribution >= 0.6 is 31.9 Å². The van der Waals surface area contributed by atoms with Crippen molar-refractivity contribution in [1.82, 2.24) is 0 Å². The molecule has 3 aromatic rings. The van der Waals surface area contributed by atoms with Gasteiger partial charge in [-0.05, 0) is 54.1 Å². The monoisotopic (exact) mass is 541 g/mol. The van der Waals surface area contributed by atoms with Crippen molar-refractivity contribution in [2.24, 2.45) is 0 Å². The van der Waals surface area contributed by atoms with Crippen LogP contribution in [0, 0.1) is 0 Å². The number of aliphatic hydroxyl groups is 1. The lowest BCUT2D eigenvalue weighted by Gasteiger charge is -2.25. The zero-order chi connectivity index (χ0) is 22.1. The van der Waals surface area contributed by atoms with Crippen molar-refractivity contribution in [3.63, 3.8) is 0 Å². The van der Waals surface area contributed by atoms with E-state index in [9.17, 15) is 14.7 Å². The molecule has 1 N–H and O–H groups in total. The number of anilines is 1. The Hall–Kier alpha value is -2.90. The average molecular weight is 543 g/mol. The van der Waals surface area contributed by atoms with Gasteiger partial charge in [0.15, 0.2) is 0 Å². The van der Waals surface area contributed by atoms with E-state index in [4.69, 9.17) is 4.74 Å². The van der Waals surface area contributed by atoms with Gasteiger partial charge in [0.05, 0.1) is 18.7 Å². The normalized spacial score (nSPS) is 17.8. The largest absolute Gasteiger partial charge is 0.507 e. The molecule has 1 heterocycles. The van der Waals surface area contributed by atoms with E-state index in [1.54, 1.807) is 79.9 Å². The number of nitrogens with zero attached hydrogens (tertiary/aromatic N) is 1. The number of carbonyl (C=O) groups is 2. The van der Waals surface area contributed by atoms with Gasteiger partial charge in [0.25, 0.3) is 11.7 Å². The lowest BCUT2D eigenvalue weighted by molar-refractivity contribution is -0.132. The summed E-state index contributed by atoms with van der Waals surface area (Å²) >= 11 is 6.76. The van der Waals surface area contributed by atoms with Crippen molar-refractivity contribution in [3.05, 3.63) is 98.4 Å². The number of carbonyl (C=O) groups excluding carboxylic acids is 2. The third-order valence-corrected chi connectivity index (χ3v) is 6.16. The van der Waals surface area contributed by atoms with Crippen LogP contribution in [0.25, 0.3) is 5.76 Å². The molecule has 0 aromatic heterocycles. The Morgan fingerprint density at radius 1 is 0.871 bits per heavy atom. The van der Waals surface area contributed by atoms with Gasteiger partial charge in [-0.25, -0.2) is 0 Å². The summed E-state index contributed by atoms with van der Waals surface area (Å²) in [5.41, 5.74) is 1.73. The Morgan fingerprint density at radius 3 is 1.97 bits per heavy atom. The van der Waals surface area contributed by atoms with Crippen LogP contribution in [0.3, 0.4) is 0 Å². The van der Waals surface area contributed by atoms with Crippen molar-refractivity contribution in [2.45, 2.75) is 6.04 Å². The maximum atomic E-state index is 13.1. The van der Waals surface area contributed by atoms with Gasteiger partial charge < -0.3 is 9.84 Å². The number of ketones is 1. The summed E-state index contributed by atoms with van der Waals surface area (Å²) in [6.45, 7) is 0. The third kappa shape index (κ3) is 4.03. The van der Waals surface area contributed by atoms with Gasteiger partial charge in [-0.3, -0.25) is 14.5 Å². The molecule has 4 rings (SSSR count). The maximum absolute atomic E-state index is 13.1. The number of aliphatic hydroxyl groups excluding tert-OH is 1. The fourth-order valence-corrected chi connectivity index (χ4v) is 4.09. The van der Waals surface area contributed by atoms with E-state index < -0.39 is 17.7 Å². The molecule has 156 valence electrons. The van der Waals surface area contributed by atoms with Crippen molar-refractivity contribution in [2.75, 3.05) is 12.0 Å². The molecule has 0 spiro atoms. The minimum Gasteiger partial charge on any atom is -0.507 e. The fourth-order valence-electron chi connectivity index (χ4n) is 3.57. The summed E-state index contributed by atoms with van der Waals surface area (Å²) in [5.74, 6) is -0.991. The molecule has 0 aliphatic carbocycles. The van der Waals surface area contributed by atoms with Gasteiger partial charge in [-0.2, -0.15) is 0 Å². The third-order valence-electron chi connectivity index (χ3n) is 5.10. The summed E-state index contributed by atoms with van der Waals surface area (Å²) in [5, 5.41) is 11.1. The maximum Gasteiger partial charge on any atom is 0.300 e. The topological polar surface area (TPSA) is 66.8 Å². The number of benzene rings is 3. The van der Waals surface area contributed by atoms with Gasteiger partial charge in [-0.15, -0.1) is 0 Å². The summed E-state index contributed by atoms with van der Waals surface area (Å²) < 4.78 is 6.92. The van der Waals surface area contributed by atoms with Crippen LogP contribution in [0.2, 0.25) is 0 Å². The number of rotatable bonds is 4. The van der Waals surface area contributed by atoms with Crippen molar-refractivity contribution in [3.8, 4) is 5.75 Å². The molecular formula is C24H17Br2NO4. The van der Waals surface area contributed by atoms with Crippen LogP contribution in [0.15, 0.2) is 87.3 Å². The fraction of sp³-hybridized carbons (Fsp3) is 0.0833. The van der Waals surface area contributed by atoms with E-state index in [0.29, 0.717) is 22.6 Å². The van der Waals surface area contributed by atoms with Gasteiger partial charge in [0.1, 0.15) is 11.5 Å². The first-order valence-electron chi connectivity index (χ1n) is 9.37. The number of halogens is 2. The highest BCUT2D eigenvalue weighted by atomic mass is 79.9. The predicted octanol–water partition coefficient (Wildman–Crippen LogP) is 5.85. The molecule has 0 radical (unpaired) electrons. The molecule has 3 aromatic carbocycles. The van der Waals surface area contributed by atoms with E-state index in [-0.39, 0.29) is 11.3 Å². The molecule has 1 unspecified atom stereocenters. The van der Waals surface area contributed by atoms with E-state index in [1.165, 1.54) is 4.90 Å². The second kappa shape index (κ2) is 8.69. The molecule has 1 fully saturated rings. The van der Waals surface area contributed by atoms with Crippen LogP contribution in [-0.4, -0.2) is 23.9 Å². The Balaban J connectivity index is 1.92. The highest BCUT2D eigenvalue weighted by molar-refractivity contribution is 9.10. The second-order valence-corrected chi connectivity index (χ2v) is 8.76. The first kappa shape index (κ1) is 21.3. The molecular weight excluding hydrogens is 526 g/mol. The molecule has 1 saturated heterocycles. The smallest absolute Gasteiger partial charge is 0.300 e. The second-order valence-electron chi connectivity index (χ2n) is 6.93. The summed E-state index contributed by atoms with van der Waals surface area (Å²) in [7, 11) is 1.57. The molecule has 5 nitrogen and oxygen atoms in total. The lowest BCUT2D eigenvalue weighted by atomic mass is 9.95. The lowest BCUT2D eigenvalue weighted by Crippen LogP contribution is -2.29. The Labute approximate surface area is 196 Å². The Kier molecular flexibility index (Phi) is 5.98. The van der Waals surface area contributed by atoms with Crippen LogP contribution in [-0.2, 0) is 9.59 Å². The van der Waals surface area contributed by atoms with Crippen LogP contribution in [0.1, 0.15) is 17.2 Å². The minimum atomic E-state index is -0.782. The number of ether oxygens (including phenoxy) is 1.